The second-order valence-corrected chi connectivity index (χ2v) is 5.26. The molecular weight excluding hydrogens is 282 g/mol. The van der Waals surface area contributed by atoms with Gasteiger partial charge in [0.25, 0.3) is 5.91 Å². The lowest BCUT2D eigenvalue weighted by Gasteiger charge is -2.35. The van der Waals surface area contributed by atoms with Gasteiger partial charge in [0.05, 0.1) is 0 Å². The summed E-state index contributed by atoms with van der Waals surface area (Å²) in [6.07, 6.45) is 6.17. The fourth-order valence-corrected chi connectivity index (χ4v) is 2.95. The molecule has 1 atom stereocenters. The van der Waals surface area contributed by atoms with Crippen LogP contribution in [0.2, 0.25) is 0 Å². The van der Waals surface area contributed by atoms with E-state index < -0.39 is 0 Å². The number of nitrogens with zero attached hydrogens (tertiary/aromatic N) is 3. The molecule has 17 heavy (non-hydrogen) atoms. The number of hydrogen-bond donors (Lipinski definition) is 0. The van der Waals surface area contributed by atoms with E-state index in [2.05, 4.69) is 21.0 Å². The average Bonchev–Trinajstić information content (AvgIpc) is 2.76. The standard InChI is InChI=1S/C12H18BrN3O/c1-15-11(6-8-14-15)12(17)16-9-3-2-4-10(16)5-7-13/h6,8,10H,2-5,7,9H2,1H3. The van der Waals surface area contributed by atoms with Gasteiger partial charge >= 0.3 is 0 Å². The number of piperidine rings is 1. The van der Waals surface area contributed by atoms with Crippen LogP contribution in [-0.2, 0) is 7.05 Å². The van der Waals surface area contributed by atoms with Gasteiger partial charge in [-0.2, -0.15) is 5.10 Å². The summed E-state index contributed by atoms with van der Waals surface area (Å²) in [5, 5.41) is 5.01. The molecule has 1 aliphatic heterocycles. The lowest BCUT2D eigenvalue weighted by molar-refractivity contribution is 0.0598. The minimum absolute atomic E-state index is 0.121. The maximum Gasteiger partial charge on any atom is 0.272 e. The SMILES string of the molecule is Cn1nccc1C(=O)N1CCCCC1CCBr. The fraction of sp³-hybridized carbons (Fsp3) is 0.667. The smallest absolute Gasteiger partial charge is 0.272 e. The molecule has 1 amide bonds. The van der Waals surface area contributed by atoms with Crippen molar-refractivity contribution in [2.75, 3.05) is 11.9 Å². The highest BCUT2D eigenvalue weighted by Crippen LogP contribution is 2.22. The molecule has 4 nitrogen and oxygen atoms in total. The van der Waals surface area contributed by atoms with Gasteiger partial charge in [-0.25, -0.2) is 0 Å². The molecule has 0 N–H and O–H groups in total. The summed E-state index contributed by atoms with van der Waals surface area (Å²) < 4.78 is 1.65. The Labute approximate surface area is 110 Å². The molecule has 0 bridgehead atoms. The number of carbonyl (C=O) groups excluding carboxylic acids is 1. The highest BCUT2D eigenvalue weighted by Gasteiger charge is 2.28. The maximum absolute atomic E-state index is 12.4. The lowest BCUT2D eigenvalue weighted by Crippen LogP contribution is -2.44. The number of aryl methyl sites for hydroxylation is 1. The van der Waals surface area contributed by atoms with Crippen LogP contribution in [0.4, 0.5) is 0 Å². The predicted molar refractivity (Wildman–Crippen MR) is 70.3 cm³/mol. The summed E-state index contributed by atoms with van der Waals surface area (Å²) in [4.78, 5) is 14.4. The van der Waals surface area contributed by atoms with E-state index in [-0.39, 0.29) is 5.91 Å². The molecule has 5 heteroatoms. The third-order valence-corrected chi connectivity index (χ3v) is 3.83. The van der Waals surface area contributed by atoms with Crippen LogP contribution in [0.25, 0.3) is 0 Å². The highest BCUT2D eigenvalue weighted by molar-refractivity contribution is 9.09. The number of halogens is 1. The summed E-state index contributed by atoms with van der Waals surface area (Å²) >= 11 is 3.47. The van der Waals surface area contributed by atoms with E-state index in [9.17, 15) is 4.79 Å². The van der Waals surface area contributed by atoms with Crippen molar-refractivity contribution in [1.29, 1.82) is 0 Å². The molecule has 0 saturated carbocycles. The molecule has 0 aromatic carbocycles. The minimum atomic E-state index is 0.121. The van der Waals surface area contributed by atoms with E-state index in [1.54, 1.807) is 16.9 Å². The van der Waals surface area contributed by atoms with Gasteiger partial charge in [0.2, 0.25) is 0 Å². The van der Waals surface area contributed by atoms with Crippen LogP contribution in [0.15, 0.2) is 12.3 Å². The molecule has 2 rings (SSSR count). The number of likely N-dealkylation sites (tertiary alicyclic amines) is 1. The van der Waals surface area contributed by atoms with Gasteiger partial charge in [-0.3, -0.25) is 9.48 Å². The zero-order valence-electron chi connectivity index (χ0n) is 10.1. The van der Waals surface area contributed by atoms with Crippen LogP contribution >= 0.6 is 15.9 Å². The Balaban J connectivity index is 2.14. The summed E-state index contributed by atoms with van der Waals surface area (Å²) in [6, 6.07) is 2.17. The van der Waals surface area contributed by atoms with Gasteiger partial charge in [0, 0.05) is 31.2 Å². The summed E-state index contributed by atoms with van der Waals surface area (Å²) in [6.45, 7) is 0.877. The predicted octanol–water partition coefficient (Wildman–Crippen LogP) is 2.20. The Bertz CT molecular complexity index is 389. The molecular formula is C12H18BrN3O. The van der Waals surface area contributed by atoms with E-state index in [0.717, 1.165) is 31.1 Å². The largest absolute Gasteiger partial charge is 0.334 e. The van der Waals surface area contributed by atoms with Gasteiger partial charge in [-0.1, -0.05) is 15.9 Å². The van der Waals surface area contributed by atoms with Gasteiger partial charge in [0.15, 0.2) is 0 Å². The van der Waals surface area contributed by atoms with E-state index >= 15 is 0 Å². The lowest BCUT2D eigenvalue weighted by atomic mass is 9.99. The molecule has 0 spiro atoms. The van der Waals surface area contributed by atoms with Crippen molar-refractivity contribution in [1.82, 2.24) is 14.7 Å². The molecule has 0 radical (unpaired) electrons. The summed E-state index contributed by atoms with van der Waals surface area (Å²) in [7, 11) is 1.82. The quantitative estimate of drug-likeness (QED) is 0.803. The number of alkyl halides is 1. The second kappa shape index (κ2) is 5.67. The topological polar surface area (TPSA) is 38.1 Å². The van der Waals surface area contributed by atoms with E-state index in [1.807, 2.05) is 11.9 Å². The number of carbonyl (C=O) groups is 1. The Kier molecular flexibility index (Phi) is 4.20. The normalized spacial score (nSPS) is 20.6. The molecule has 1 aliphatic rings. The van der Waals surface area contributed by atoms with Gasteiger partial charge in [-0.05, 0) is 31.7 Å². The Morgan fingerprint density at radius 2 is 2.41 bits per heavy atom. The number of rotatable bonds is 3. The Morgan fingerprint density at radius 1 is 1.59 bits per heavy atom. The van der Waals surface area contributed by atoms with E-state index in [0.29, 0.717) is 11.7 Å². The van der Waals surface area contributed by atoms with E-state index in [1.165, 1.54) is 6.42 Å². The molecule has 1 fully saturated rings. The highest BCUT2D eigenvalue weighted by atomic mass is 79.9. The molecule has 0 aliphatic carbocycles. The van der Waals surface area contributed by atoms with Crippen molar-refractivity contribution >= 4 is 21.8 Å². The van der Waals surface area contributed by atoms with Crippen LogP contribution in [-0.4, -0.2) is 38.5 Å². The van der Waals surface area contributed by atoms with Crippen molar-refractivity contribution in [3.05, 3.63) is 18.0 Å². The fourth-order valence-electron chi connectivity index (χ4n) is 2.42. The van der Waals surface area contributed by atoms with Crippen molar-refractivity contribution in [3.63, 3.8) is 0 Å². The van der Waals surface area contributed by atoms with Crippen LogP contribution in [0, 0.1) is 0 Å². The van der Waals surface area contributed by atoms with Crippen molar-refractivity contribution in [2.45, 2.75) is 31.7 Å². The first-order chi connectivity index (χ1) is 8.24. The monoisotopic (exact) mass is 299 g/mol. The van der Waals surface area contributed by atoms with Gasteiger partial charge in [0.1, 0.15) is 5.69 Å². The molecule has 1 saturated heterocycles. The van der Waals surface area contributed by atoms with Crippen LogP contribution < -0.4 is 0 Å². The van der Waals surface area contributed by atoms with Gasteiger partial charge < -0.3 is 4.90 Å². The van der Waals surface area contributed by atoms with Gasteiger partial charge in [-0.15, -0.1) is 0 Å². The third-order valence-electron chi connectivity index (χ3n) is 3.37. The maximum atomic E-state index is 12.4. The molecule has 1 aromatic heterocycles. The zero-order chi connectivity index (χ0) is 12.3. The number of amides is 1. The first-order valence-corrected chi connectivity index (χ1v) is 7.21. The van der Waals surface area contributed by atoms with Crippen LogP contribution in [0.5, 0.6) is 0 Å². The first-order valence-electron chi connectivity index (χ1n) is 6.09. The average molecular weight is 300 g/mol. The number of aromatic nitrogens is 2. The zero-order valence-corrected chi connectivity index (χ0v) is 11.7. The van der Waals surface area contributed by atoms with E-state index in [4.69, 9.17) is 0 Å². The molecule has 2 heterocycles. The summed E-state index contributed by atoms with van der Waals surface area (Å²) in [5.41, 5.74) is 0.687. The van der Waals surface area contributed by atoms with Crippen molar-refractivity contribution in [3.8, 4) is 0 Å². The molecule has 1 aromatic rings. The molecule has 1 unspecified atom stereocenters. The second-order valence-electron chi connectivity index (χ2n) is 4.47. The van der Waals surface area contributed by atoms with Crippen LogP contribution in [0.3, 0.4) is 0 Å². The summed E-state index contributed by atoms with van der Waals surface area (Å²) in [5.74, 6) is 0.121. The van der Waals surface area contributed by atoms with Crippen molar-refractivity contribution in [2.24, 2.45) is 7.05 Å². The molecule has 94 valence electrons. The van der Waals surface area contributed by atoms with Crippen molar-refractivity contribution < 1.29 is 4.79 Å². The Morgan fingerprint density at radius 3 is 3.06 bits per heavy atom. The first kappa shape index (κ1) is 12.6. The minimum Gasteiger partial charge on any atom is -0.334 e. The number of hydrogen-bond acceptors (Lipinski definition) is 2. The Hall–Kier alpha value is -0.840. The van der Waals surface area contributed by atoms with Crippen LogP contribution in [0.1, 0.15) is 36.2 Å². The third kappa shape index (κ3) is 2.70.